The number of carbonyl (C=O) groups excluding carboxylic acids is 1. The van der Waals surface area contributed by atoms with E-state index in [9.17, 15) is 4.79 Å². The van der Waals surface area contributed by atoms with Gasteiger partial charge in [0.25, 0.3) is 0 Å². The SMILES string of the molecule is CCOc1ccccc1CCC(=O)NCC(O)CO. The summed E-state index contributed by atoms with van der Waals surface area (Å²) in [5.41, 5.74) is 0.988. The van der Waals surface area contributed by atoms with Crippen LogP contribution in [0.15, 0.2) is 24.3 Å². The summed E-state index contributed by atoms with van der Waals surface area (Å²) < 4.78 is 5.48. The maximum absolute atomic E-state index is 11.6. The zero-order valence-electron chi connectivity index (χ0n) is 11.1. The zero-order valence-corrected chi connectivity index (χ0v) is 11.1. The molecule has 0 heterocycles. The van der Waals surface area contributed by atoms with Crippen LogP contribution in [-0.4, -0.2) is 42.0 Å². The minimum atomic E-state index is -0.903. The third-order valence-electron chi connectivity index (χ3n) is 2.64. The van der Waals surface area contributed by atoms with E-state index in [2.05, 4.69) is 5.32 Å². The van der Waals surface area contributed by atoms with Gasteiger partial charge in [0.05, 0.1) is 19.3 Å². The van der Waals surface area contributed by atoms with Crippen LogP contribution in [0.1, 0.15) is 18.9 Å². The van der Waals surface area contributed by atoms with Crippen molar-refractivity contribution in [3.05, 3.63) is 29.8 Å². The fourth-order valence-electron chi connectivity index (χ4n) is 1.64. The lowest BCUT2D eigenvalue weighted by atomic mass is 10.1. The van der Waals surface area contributed by atoms with Gasteiger partial charge in [-0.3, -0.25) is 4.79 Å². The van der Waals surface area contributed by atoms with Crippen molar-refractivity contribution in [2.45, 2.75) is 25.9 Å². The predicted octanol–water partition coefficient (Wildman–Crippen LogP) is 0.487. The molecule has 1 aromatic carbocycles. The van der Waals surface area contributed by atoms with Crippen molar-refractivity contribution in [1.82, 2.24) is 5.32 Å². The zero-order chi connectivity index (χ0) is 14.1. The van der Waals surface area contributed by atoms with Gasteiger partial charge in [-0.15, -0.1) is 0 Å². The minimum absolute atomic E-state index is 0.0719. The molecule has 0 radical (unpaired) electrons. The van der Waals surface area contributed by atoms with Crippen LogP contribution in [0.2, 0.25) is 0 Å². The summed E-state index contributed by atoms with van der Waals surface area (Å²) >= 11 is 0. The van der Waals surface area contributed by atoms with Crippen LogP contribution in [0, 0.1) is 0 Å². The number of hydrogen-bond donors (Lipinski definition) is 3. The average molecular weight is 267 g/mol. The van der Waals surface area contributed by atoms with Crippen LogP contribution in [0.25, 0.3) is 0 Å². The van der Waals surface area contributed by atoms with Gasteiger partial charge in [0.15, 0.2) is 0 Å². The predicted molar refractivity (Wildman–Crippen MR) is 72.0 cm³/mol. The van der Waals surface area contributed by atoms with Gasteiger partial charge in [-0.25, -0.2) is 0 Å². The first-order valence-electron chi connectivity index (χ1n) is 6.43. The van der Waals surface area contributed by atoms with Crippen LogP contribution in [0.4, 0.5) is 0 Å². The minimum Gasteiger partial charge on any atom is -0.494 e. The average Bonchev–Trinajstić information content (AvgIpc) is 2.44. The summed E-state index contributed by atoms with van der Waals surface area (Å²) in [4.78, 5) is 11.6. The third kappa shape index (κ3) is 5.72. The molecule has 19 heavy (non-hydrogen) atoms. The summed E-state index contributed by atoms with van der Waals surface area (Å²) in [5, 5.41) is 20.3. The highest BCUT2D eigenvalue weighted by atomic mass is 16.5. The first-order chi connectivity index (χ1) is 9.17. The first kappa shape index (κ1) is 15.5. The Hall–Kier alpha value is -1.59. The van der Waals surface area contributed by atoms with Gasteiger partial charge in [0.1, 0.15) is 5.75 Å². The maximum atomic E-state index is 11.6. The van der Waals surface area contributed by atoms with Crippen molar-refractivity contribution in [3.8, 4) is 5.75 Å². The molecule has 3 N–H and O–H groups in total. The number of rotatable bonds is 8. The lowest BCUT2D eigenvalue weighted by Gasteiger charge is -2.11. The van der Waals surface area contributed by atoms with Crippen LogP contribution < -0.4 is 10.1 Å². The third-order valence-corrected chi connectivity index (χ3v) is 2.64. The standard InChI is InChI=1S/C14H21NO4/c1-2-19-13-6-4-3-5-11(13)7-8-14(18)15-9-12(17)10-16/h3-6,12,16-17H,2,7-10H2,1H3,(H,15,18). The number of benzene rings is 1. The Bertz CT molecular complexity index is 395. The second kappa shape index (κ2) is 8.50. The molecule has 0 saturated heterocycles. The molecule has 1 amide bonds. The van der Waals surface area contributed by atoms with Crippen LogP contribution in [0.3, 0.4) is 0 Å². The Balaban J connectivity index is 2.41. The van der Waals surface area contributed by atoms with E-state index in [4.69, 9.17) is 14.9 Å². The number of aliphatic hydroxyl groups is 2. The second-order valence-electron chi connectivity index (χ2n) is 4.18. The van der Waals surface area contributed by atoms with E-state index < -0.39 is 6.10 Å². The monoisotopic (exact) mass is 267 g/mol. The molecule has 0 saturated carbocycles. The molecule has 0 aliphatic heterocycles. The molecule has 0 aliphatic rings. The number of amides is 1. The molecule has 106 valence electrons. The van der Waals surface area contributed by atoms with Crippen molar-refractivity contribution < 1.29 is 19.7 Å². The number of aliphatic hydroxyl groups excluding tert-OH is 2. The van der Waals surface area contributed by atoms with Crippen LogP contribution >= 0.6 is 0 Å². The van der Waals surface area contributed by atoms with E-state index in [0.29, 0.717) is 19.4 Å². The molecule has 1 rings (SSSR count). The fraction of sp³-hybridized carbons (Fsp3) is 0.500. The quantitative estimate of drug-likeness (QED) is 0.640. The Labute approximate surface area is 113 Å². The van der Waals surface area contributed by atoms with E-state index in [1.54, 1.807) is 0 Å². The number of ether oxygens (including phenoxy) is 1. The normalized spacial score (nSPS) is 11.9. The number of para-hydroxylation sites is 1. The number of carbonyl (C=O) groups is 1. The smallest absolute Gasteiger partial charge is 0.220 e. The van der Waals surface area contributed by atoms with Gasteiger partial charge < -0.3 is 20.3 Å². The Morgan fingerprint density at radius 1 is 1.42 bits per heavy atom. The number of nitrogens with one attached hydrogen (secondary N) is 1. The maximum Gasteiger partial charge on any atom is 0.220 e. The molecule has 1 atom stereocenters. The highest BCUT2D eigenvalue weighted by Gasteiger charge is 2.08. The molecule has 1 aromatic rings. The van der Waals surface area contributed by atoms with Crippen molar-refractivity contribution >= 4 is 5.91 Å². The van der Waals surface area contributed by atoms with Crippen LogP contribution in [0.5, 0.6) is 5.75 Å². The van der Waals surface area contributed by atoms with Gasteiger partial charge in [0.2, 0.25) is 5.91 Å². The Morgan fingerprint density at radius 3 is 2.84 bits per heavy atom. The van der Waals surface area contributed by atoms with E-state index in [1.165, 1.54) is 0 Å². The highest BCUT2D eigenvalue weighted by molar-refractivity contribution is 5.76. The molecular weight excluding hydrogens is 246 g/mol. The molecule has 5 heteroatoms. The summed E-state index contributed by atoms with van der Waals surface area (Å²) in [5.74, 6) is 0.645. The number of hydrogen-bond acceptors (Lipinski definition) is 4. The Morgan fingerprint density at radius 2 is 2.16 bits per heavy atom. The topological polar surface area (TPSA) is 78.8 Å². The van der Waals surface area contributed by atoms with Gasteiger partial charge in [-0.1, -0.05) is 18.2 Å². The van der Waals surface area contributed by atoms with E-state index in [0.717, 1.165) is 11.3 Å². The highest BCUT2D eigenvalue weighted by Crippen LogP contribution is 2.19. The number of aryl methyl sites for hydroxylation is 1. The summed E-state index contributed by atoms with van der Waals surface area (Å²) in [6.45, 7) is 2.22. The molecule has 0 bridgehead atoms. The van der Waals surface area contributed by atoms with Gasteiger partial charge in [-0.05, 0) is 25.0 Å². The van der Waals surface area contributed by atoms with E-state index in [1.807, 2.05) is 31.2 Å². The van der Waals surface area contributed by atoms with E-state index >= 15 is 0 Å². The molecule has 0 aromatic heterocycles. The lowest BCUT2D eigenvalue weighted by molar-refractivity contribution is -0.121. The molecule has 0 aliphatic carbocycles. The molecule has 0 spiro atoms. The van der Waals surface area contributed by atoms with Crippen molar-refractivity contribution in [2.75, 3.05) is 19.8 Å². The fourth-order valence-corrected chi connectivity index (χ4v) is 1.64. The van der Waals surface area contributed by atoms with Crippen molar-refractivity contribution in [2.24, 2.45) is 0 Å². The van der Waals surface area contributed by atoms with Crippen molar-refractivity contribution in [3.63, 3.8) is 0 Å². The molecule has 5 nitrogen and oxygen atoms in total. The first-order valence-corrected chi connectivity index (χ1v) is 6.43. The Kier molecular flexibility index (Phi) is 6.92. The summed E-state index contributed by atoms with van der Waals surface area (Å²) in [6.07, 6.45) is -0.000847. The van der Waals surface area contributed by atoms with Crippen molar-refractivity contribution in [1.29, 1.82) is 0 Å². The van der Waals surface area contributed by atoms with Gasteiger partial charge in [0, 0.05) is 13.0 Å². The van der Waals surface area contributed by atoms with Gasteiger partial charge in [-0.2, -0.15) is 0 Å². The lowest BCUT2D eigenvalue weighted by Crippen LogP contribution is -2.33. The van der Waals surface area contributed by atoms with Crippen LogP contribution in [-0.2, 0) is 11.2 Å². The molecular formula is C14H21NO4. The second-order valence-corrected chi connectivity index (χ2v) is 4.18. The van der Waals surface area contributed by atoms with Gasteiger partial charge >= 0.3 is 0 Å². The summed E-state index contributed by atoms with van der Waals surface area (Å²) in [6, 6.07) is 7.62. The molecule has 0 fully saturated rings. The largest absolute Gasteiger partial charge is 0.494 e. The summed E-state index contributed by atoms with van der Waals surface area (Å²) in [7, 11) is 0. The van der Waals surface area contributed by atoms with E-state index in [-0.39, 0.29) is 19.1 Å². The molecule has 1 unspecified atom stereocenters.